The fourth-order valence-electron chi connectivity index (χ4n) is 2.70. The fourth-order valence-corrected chi connectivity index (χ4v) is 2.70. The average Bonchev–Trinajstić information content (AvgIpc) is 2.90. The fraction of sp³-hybridized carbons (Fsp3) is 0.538. The number of phenolic OH excluding ortho intramolecular Hbond substituents is 1. The summed E-state index contributed by atoms with van der Waals surface area (Å²) in [7, 11) is 1.54. The van der Waals surface area contributed by atoms with Gasteiger partial charge in [-0.05, 0) is 17.7 Å². The molecular weight excluding hydrogens is 220 g/mol. The first kappa shape index (κ1) is 10.9. The summed E-state index contributed by atoms with van der Waals surface area (Å²) in [6, 6.07) is 5.45. The van der Waals surface area contributed by atoms with Gasteiger partial charge in [0.25, 0.3) is 0 Å². The lowest BCUT2D eigenvalue weighted by Gasteiger charge is -2.17. The zero-order valence-corrected chi connectivity index (χ0v) is 9.76. The number of phenols is 1. The van der Waals surface area contributed by atoms with E-state index in [0.717, 1.165) is 25.4 Å². The second-order valence-corrected chi connectivity index (χ2v) is 4.65. The zero-order valence-electron chi connectivity index (χ0n) is 9.76. The minimum Gasteiger partial charge on any atom is -0.504 e. The number of aromatic hydroxyl groups is 1. The Balaban J connectivity index is 1.86. The summed E-state index contributed by atoms with van der Waals surface area (Å²) in [6.07, 6.45) is 0.0410. The summed E-state index contributed by atoms with van der Waals surface area (Å²) in [5.74, 6) is 1.58. The molecule has 0 amide bonds. The van der Waals surface area contributed by atoms with Crippen LogP contribution in [0.1, 0.15) is 11.7 Å². The third-order valence-corrected chi connectivity index (χ3v) is 3.66. The molecule has 0 saturated carbocycles. The number of benzene rings is 1. The van der Waals surface area contributed by atoms with Crippen molar-refractivity contribution in [2.75, 3.05) is 26.9 Å². The van der Waals surface area contributed by atoms with Gasteiger partial charge in [0.1, 0.15) is 0 Å². The number of hydrogen-bond donors (Lipinski definition) is 1. The summed E-state index contributed by atoms with van der Waals surface area (Å²) in [5.41, 5.74) is 1.00. The molecule has 0 aromatic heterocycles. The maximum absolute atomic E-state index is 9.78. The predicted octanol–water partition coefficient (Wildman–Crippen LogP) is 1.73. The van der Waals surface area contributed by atoms with Crippen LogP contribution in [0.25, 0.3) is 0 Å². The minimum atomic E-state index is 0.0410. The molecule has 0 aliphatic carbocycles. The van der Waals surface area contributed by atoms with E-state index in [1.54, 1.807) is 19.2 Å². The van der Waals surface area contributed by atoms with Gasteiger partial charge in [0, 0.05) is 11.8 Å². The van der Waals surface area contributed by atoms with Crippen molar-refractivity contribution in [1.82, 2.24) is 0 Å². The Labute approximate surface area is 100 Å². The molecule has 0 bridgehead atoms. The maximum atomic E-state index is 9.78. The topological polar surface area (TPSA) is 47.9 Å². The van der Waals surface area contributed by atoms with Gasteiger partial charge >= 0.3 is 0 Å². The summed E-state index contributed by atoms with van der Waals surface area (Å²) >= 11 is 0. The summed E-state index contributed by atoms with van der Waals surface area (Å²) in [5, 5.41) is 9.78. The van der Waals surface area contributed by atoms with E-state index in [2.05, 4.69) is 0 Å². The molecule has 4 heteroatoms. The number of methoxy groups -OCH3 is 1. The van der Waals surface area contributed by atoms with Gasteiger partial charge < -0.3 is 19.3 Å². The number of ether oxygens (including phenoxy) is 3. The van der Waals surface area contributed by atoms with E-state index in [-0.39, 0.29) is 11.9 Å². The van der Waals surface area contributed by atoms with Crippen LogP contribution >= 0.6 is 0 Å². The van der Waals surface area contributed by atoms with Crippen molar-refractivity contribution in [3.63, 3.8) is 0 Å². The van der Waals surface area contributed by atoms with Gasteiger partial charge in [-0.15, -0.1) is 0 Å². The van der Waals surface area contributed by atoms with Crippen molar-refractivity contribution >= 4 is 0 Å². The Bertz CT molecular complexity index is 418. The van der Waals surface area contributed by atoms with Gasteiger partial charge in [-0.2, -0.15) is 0 Å². The van der Waals surface area contributed by atoms with E-state index < -0.39 is 0 Å². The van der Waals surface area contributed by atoms with Gasteiger partial charge in [-0.25, -0.2) is 0 Å². The molecular formula is C13H16O4. The minimum absolute atomic E-state index is 0.0410. The molecule has 92 valence electrons. The van der Waals surface area contributed by atoms with Crippen LogP contribution in [0.4, 0.5) is 0 Å². The van der Waals surface area contributed by atoms with Crippen LogP contribution in [-0.4, -0.2) is 32.0 Å². The number of fused-ring (bicyclic) bond motifs is 1. The number of rotatable bonds is 2. The highest BCUT2D eigenvalue weighted by molar-refractivity contribution is 5.42. The molecule has 0 spiro atoms. The quantitative estimate of drug-likeness (QED) is 0.849. The average molecular weight is 236 g/mol. The van der Waals surface area contributed by atoms with Crippen LogP contribution in [0.5, 0.6) is 11.5 Å². The summed E-state index contributed by atoms with van der Waals surface area (Å²) in [4.78, 5) is 0. The predicted molar refractivity (Wildman–Crippen MR) is 61.2 cm³/mol. The van der Waals surface area contributed by atoms with Gasteiger partial charge in [0.2, 0.25) is 0 Å². The Hall–Kier alpha value is -1.26. The molecule has 4 nitrogen and oxygen atoms in total. The molecule has 2 heterocycles. The first-order chi connectivity index (χ1) is 8.29. The molecule has 1 aromatic carbocycles. The van der Waals surface area contributed by atoms with E-state index in [1.807, 2.05) is 6.07 Å². The van der Waals surface area contributed by atoms with Crippen molar-refractivity contribution in [2.24, 2.45) is 11.8 Å². The van der Waals surface area contributed by atoms with E-state index in [1.165, 1.54) is 0 Å². The molecule has 2 unspecified atom stereocenters. The zero-order chi connectivity index (χ0) is 11.8. The molecule has 1 N–H and O–H groups in total. The summed E-state index contributed by atoms with van der Waals surface area (Å²) in [6.45, 7) is 2.30. The van der Waals surface area contributed by atoms with Crippen molar-refractivity contribution in [2.45, 2.75) is 6.10 Å². The molecule has 2 fully saturated rings. The van der Waals surface area contributed by atoms with Crippen molar-refractivity contribution in [3.05, 3.63) is 23.8 Å². The Kier molecular flexibility index (Phi) is 2.68. The summed E-state index contributed by atoms with van der Waals surface area (Å²) < 4.78 is 16.3. The largest absolute Gasteiger partial charge is 0.504 e. The standard InChI is InChI=1S/C13H16O4/c1-15-12-3-2-8(4-11(12)14)13-10-7-16-5-9(10)6-17-13/h2-4,9-10,13-14H,5-7H2,1H3/t9?,10?,13-/m0/s1. The Morgan fingerprint density at radius 1 is 1.29 bits per heavy atom. The van der Waals surface area contributed by atoms with Crippen LogP contribution in [0.2, 0.25) is 0 Å². The van der Waals surface area contributed by atoms with E-state index in [0.29, 0.717) is 17.6 Å². The third kappa shape index (κ3) is 1.77. The molecule has 0 radical (unpaired) electrons. The second kappa shape index (κ2) is 4.20. The number of hydrogen-bond acceptors (Lipinski definition) is 4. The highest BCUT2D eigenvalue weighted by atomic mass is 16.5. The molecule has 2 aliphatic rings. The molecule has 3 rings (SSSR count). The Morgan fingerprint density at radius 3 is 2.94 bits per heavy atom. The van der Waals surface area contributed by atoms with Gasteiger partial charge in [0.05, 0.1) is 33.0 Å². The molecule has 2 aliphatic heterocycles. The van der Waals surface area contributed by atoms with Crippen LogP contribution in [-0.2, 0) is 9.47 Å². The van der Waals surface area contributed by atoms with Gasteiger partial charge in [-0.1, -0.05) is 6.07 Å². The molecule has 1 aromatic rings. The lowest BCUT2D eigenvalue weighted by atomic mass is 9.90. The Morgan fingerprint density at radius 2 is 2.18 bits per heavy atom. The molecule has 2 saturated heterocycles. The smallest absolute Gasteiger partial charge is 0.160 e. The lowest BCUT2D eigenvalue weighted by Crippen LogP contribution is -2.12. The maximum Gasteiger partial charge on any atom is 0.160 e. The van der Waals surface area contributed by atoms with Gasteiger partial charge in [0.15, 0.2) is 11.5 Å². The van der Waals surface area contributed by atoms with E-state index in [9.17, 15) is 5.11 Å². The van der Waals surface area contributed by atoms with E-state index in [4.69, 9.17) is 14.2 Å². The first-order valence-electron chi connectivity index (χ1n) is 5.86. The first-order valence-corrected chi connectivity index (χ1v) is 5.86. The van der Waals surface area contributed by atoms with Crippen molar-refractivity contribution < 1.29 is 19.3 Å². The van der Waals surface area contributed by atoms with Gasteiger partial charge in [-0.3, -0.25) is 0 Å². The van der Waals surface area contributed by atoms with Crippen molar-refractivity contribution in [1.29, 1.82) is 0 Å². The molecule has 3 atom stereocenters. The van der Waals surface area contributed by atoms with Crippen LogP contribution < -0.4 is 4.74 Å². The second-order valence-electron chi connectivity index (χ2n) is 4.65. The monoisotopic (exact) mass is 236 g/mol. The highest BCUT2D eigenvalue weighted by Crippen LogP contribution is 2.43. The lowest BCUT2D eigenvalue weighted by molar-refractivity contribution is 0.0501. The van der Waals surface area contributed by atoms with Crippen LogP contribution in [0, 0.1) is 11.8 Å². The third-order valence-electron chi connectivity index (χ3n) is 3.66. The van der Waals surface area contributed by atoms with E-state index >= 15 is 0 Å². The SMILES string of the molecule is COc1ccc([C@@H]2OCC3COCC32)cc1O. The van der Waals surface area contributed by atoms with Crippen molar-refractivity contribution in [3.8, 4) is 11.5 Å². The molecule has 17 heavy (non-hydrogen) atoms. The van der Waals surface area contributed by atoms with Crippen LogP contribution in [0.15, 0.2) is 18.2 Å². The van der Waals surface area contributed by atoms with Crippen LogP contribution in [0.3, 0.4) is 0 Å². The normalized spacial score (nSPS) is 31.5. The highest BCUT2D eigenvalue weighted by Gasteiger charge is 2.42.